The fraction of sp³-hybridized carbons (Fsp3) is 0.450. The molecule has 0 aliphatic carbocycles. The van der Waals surface area contributed by atoms with Gasteiger partial charge in [-0.25, -0.2) is 0 Å². The van der Waals surface area contributed by atoms with Crippen LogP contribution in [-0.4, -0.2) is 21.2 Å². The van der Waals surface area contributed by atoms with Gasteiger partial charge < -0.3 is 9.09 Å². The minimum absolute atomic E-state index is 0.378. The first-order chi connectivity index (χ1) is 11.6. The van der Waals surface area contributed by atoms with Gasteiger partial charge in [-0.3, -0.25) is 4.90 Å². The van der Waals surface area contributed by atoms with Crippen LogP contribution in [-0.2, 0) is 6.54 Å². The first-order valence-electron chi connectivity index (χ1n) is 8.89. The van der Waals surface area contributed by atoms with Crippen molar-refractivity contribution in [3.05, 3.63) is 53.5 Å². The van der Waals surface area contributed by atoms with Crippen molar-refractivity contribution in [3.63, 3.8) is 0 Å². The van der Waals surface area contributed by atoms with Crippen LogP contribution in [0, 0.1) is 6.92 Å². The largest absolute Gasteiger partial charge is 0.361 e. The number of aromatic nitrogens is 2. The minimum atomic E-state index is 0.378. The second kappa shape index (κ2) is 6.10. The van der Waals surface area contributed by atoms with Crippen molar-refractivity contribution in [2.45, 2.75) is 52.2 Å². The van der Waals surface area contributed by atoms with Crippen LogP contribution >= 0.6 is 0 Å². The fourth-order valence-corrected chi connectivity index (χ4v) is 3.94. The second-order valence-electron chi connectivity index (χ2n) is 7.16. The molecule has 4 nitrogen and oxygen atoms in total. The monoisotopic (exact) mass is 323 g/mol. The summed E-state index contributed by atoms with van der Waals surface area (Å²) in [4.78, 5) is 2.55. The van der Waals surface area contributed by atoms with E-state index in [-0.39, 0.29) is 0 Å². The maximum atomic E-state index is 5.30. The number of likely N-dealkylation sites (tertiary alicyclic amines) is 1. The van der Waals surface area contributed by atoms with Crippen molar-refractivity contribution in [1.82, 2.24) is 14.6 Å². The Labute approximate surface area is 143 Å². The first kappa shape index (κ1) is 15.5. The molecule has 0 bridgehead atoms. The van der Waals surface area contributed by atoms with E-state index in [0.29, 0.717) is 12.1 Å². The molecule has 1 aromatic carbocycles. The maximum absolute atomic E-state index is 5.30. The molecular weight excluding hydrogens is 298 g/mol. The van der Waals surface area contributed by atoms with Gasteiger partial charge in [0.2, 0.25) is 0 Å². The lowest BCUT2D eigenvalue weighted by molar-refractivity contribution is 0.237. The highest BCUT2D eigenvalue weighted by Crippen LogP contribution is 2.34. The van der Waals surface area contributed by atoms with Gasteiger partial charge in [-0.2, -0.15) is 0 Å². The van der Waals surface area contributed by atoms with Crippen LogP contribution in [0.15, 0.2) is 41.1 Å². The summed E-state index contributed by atoms with van der Waals surface area (Å²) in [7, 11) is 0. The number of hydrogen-bond acceptors (Lipinski definition) is 3. The van der Waals surface area contributed by atoms with Gasteiger partial charge in [-0.05, 0) is 51.8 Å². The summed E-state index contributed by atoms with van der Waals surface area (Å²) in [6.07, 6.45) is 4.72. The molecule has 0 spiro atoms. The molecule has 1 atom stereocenters. The van der Waals surface area contributed by atoms with Crippen molar-refractivity contribution in [1.29, 1.82) is 0 Å². The molecule has 126 valence electrons. The van der Waals surface area contributed by atoms with Gasteiger partial charge in [0.05, 0.1) is 6.04 Å². The molecule has 3 heterocycles. The number of fused-ring (bicyclic) bond motifs is 1. The Kier molecular flexibility index (Phi) is 3.93. The Hall–Kier alpha value is -2.07. The van der Waals surface area contributed by atoms with Crippen molar-refractivity contribution >= 4 is 10.9 Å². The highest BCUT2D eigenvalue weighted by Gasteiger charge is 2.29. The summed E-state index contributed by atoms with van der Waals surface area (Å²) in [5, 5.41) is 5.63. The van der Waals surface area contributed by atoms with Gasteiger partial charge >= 0.3 is 0 Å². The van der Waals surface area contributed by atoms with E-state index in [9.17, 15) is 0 Å². The summed E-state index contributed by atoms with van der Waals surface area (Å²) in [6, 6.07) is 11.7. The molecular formula is C20H25N3O. The summed E-state index contributed by atoms with van der Waals surface area (Å²) in [5.41, 5.74) is 3.82. The van der Waals surface area contributed by atoms with Crippen molar-refractivity contribution in [2.75, 3.05) is 6.54 Å². The smallest absolute Gasteiger partial charge is 0.133 e. The Morgan fingerprint density at radius 2 is 2.12 bits per heavy atom. The quantitative estimate of drug-likeness (QED) is 0.688. The Morgan fingerprint density at radius 3 is 2.88 bits per heavy atom. The number of rotatable bonds is 4. The van der Waals surface area contributed by atoms with Crippen molar-refractivity contribution in [2.24, 2.45) is 0 Å². The first-order valence-corrected chi connectivity index (χ1v) is 8.89. The molecule has 1 aliphatic rings. The third-order valence-electron chi connectivity index (χ3n) is 5.10. The molecule has 1 fully saturated rings. The van der Waals surface area contributed by atoms with Gasteiger partial charge in [-0.1, -0.05) is 23.4 Å². The standard InChI is InChI=1S/C20H25N3O/c1-14(2)23-13-16(17-7-4-5-8-19(17)23)12-22-10-6-9-20(22)18-11-15(3)24-21-18/h4-5,7-8,11,13-14,20H,6,9-10,12H2,1-3H3. The summed E-state index contributed by atoms with van der Waals surface area (Å²) < 4.78 is 7.69. The lowest BCUT2D eigenvalue weighted by Gasteiger charge is -2.22. The van der Waals surface area contributed by atoms with E-state index in [1.54, 1.807) is 0 Å². The molecule has 3 aromatic rings. The molecule has 0 amide bonds. The Morgan fingerprint density at radius 1 is 1.29 bits per heavy atom. The Balaban J connectivity index is 1.66. The molecule has 1 aliphatic heterocycles. The van der Waals surface area contributed by atoms with Crippen molar-refractivity contribution in [3.8, 4) is 0 Å². The van der Waals surface area contributed by atoms with Gasteiger partial charge in [0, 0.05) is 35.8 Å². The van der Waals surface area contributed by atoms with Gasteiger partial charge in [0.15, 0.2) is 0 Å². The molecule has 1 unspecified atom stereocenters. The zero-order valence-electron chi connectivity index (χ0n) is 14.7. The average Bonchev–Trinajstić information content (AvgIpc) is 3.27. The fourth-order valence-electron chi connectivity index (χ4n) is 3.94. The molecule has 24 heavy (non-hydrogen) atoms. The van der Waals surface area contributed by atoms with Gasteiger partial charge in [0.1, 0.15) is 11.5 Å². The molecule has 4 heteroatoms. The van der Waals surface area contributed by atoms with Crippen LogP contribution in [0.4, 0.5) is 0 Å². The molecule has 0 N–H and O–H groups in total. The Bertz CT molecular complexity index is 846. The average molecular weight is 323 g/mol. The highest BCUT2D eigenvalue weighted by atomic mass is 16.5. The number of nitrogens with zero attached hydrogens (tertiary/aromatic N) is 3. The molecule has 0 radical (unpaired) electrons. The SMILES string of the molecule is Cc1cc(C2CCCN2Cc2cn(C(C)C)c3ccccc23)no1. The second-order valence-corrected chi connectivity index (χ2v) is 7.16. The van der Waals surface area contributed by atoms with Crippen molar-refractivity contribution < 1.29 is 4.52 Å². The molecule has 1 saturated heterocycles. The highest BCUT2D eigenvalue weighted by molar-refractivity contribution is 5.84. The van der Waals surface area contributed by atoms with E-state index in [2.05, 4.69) is 65.0 Å². The third kappa shape index (κ3) is 2.65. The lowest BCUT2D eigenvalue weighted by atomic mass is 10.1. The van der Waals surface area contributed by atoms with E-state index in [1.165, 1.54) is 22.9 Å². The third-order valence-corrected chi connectivity index (χ3v) is 5.10. The van der Waals surface area contributed by atoms with E-state index in [0.717, 1.165) is 31.0 Å². The number of para-hydroxylation sites is 1. The van der Waals surface area contributed by atoms with Gasteiger partial charge in [0.25, 0.3) is 0 Å². The van der Waals surface area contributed by atoms with Crippen LogP contribution in [0.2, 0.25) is 0 Å². The van der Waals surface area contributed by atoms with E-state index in [4.69, 9.17) is 4.52 Å². The zero-order valence-corrected chi connectivity index (χ0v) is 14.7. The number of benzene rings is 1. The minimum Gasteiger partial charge on any atom is -0.361 e. The summed E-state index contributed by atoms with van der Waals surface area (Å²) in [6.45, 7) is 8.54. The van der Waals surface area contributed by atoms with E-state index in [1.807, 2.05) is 6.92 Å². The summed E-state index contributed by atoms with van der Waals surface area (Å²) >= 11 is 0. The topological polar surface area (TPSA) is 34.2 Å². The lowest BCUT2D eigenvalue weighted by Crippen LogP contribution is -2.22. The normalized spacial score (nSPS) is 18.9. The van der Waals surface area contributed by atoms with Crippen LogP contribution in [0.3, 0.4) is 0 Å². The predicted molar refractivity (Wildman–Crippen MR) is 95.9 cm³/mol. The number of hydrogen-bond donors (Lipinski definition) is 0. The summed E-state index contributed by atoms with van der Waals surface area (Å²) in [5.74, 6) is 0.897. The van der Waals surface area contributed by atoms with Crippen LogP contribution in [0.5, 0.6) is 0 Å². The molecule has 0 saturated carbocycles. The van der Waals surface area contributed by atoms with E-state index >= 15 is 0 Å². The van der Waals surface area contributed by atoms with Crippen LogP contribution in [0.25, 0.3) is 10.9 Å². The van der Waals surface area contributed by atoms with E-state index < -0.39 is 0 Å². The van der Waals surface area contributed by atoms with Crippen LogP contribution < -0.4 is 0 Å². The maximum Gasteiger partial charge on any atom is 0.133 e. The van der Waals surface area contributed by atoms with Crippen LogP contribution in [0.1, 0.15) is 55.8 Å². The van der Waals surface area contributed by atoms with Gasteiger partial charge in [-0.15, -0.1) is 0 Å². The molecule has 4 rings (SSSR count). The number of aryl methyl sites for hydroxylation is 1. The predicted octanol–water partition coefficient (Wildman–Crippen LogP) is 4.86. The molecule has 2 aromatic heterocycles. The zero-order chi connectivity index (χ0) is 16.7.